The van der Waals surface area contributed by atoms with Crippen molar-refractivity contribution in [3.8, 4) is 0 Å². The SMILES string of the molecule is Cc1noc(C)c1S(=O)(=O)N1CCC(C(=O)N[C@@H](C)c2ccncc2)CC1. The highest BCUT2D eigenvalue weighted by molar-refractivity contribution is 7.89. The lowest BCUT2D eigenvalue weighted by molar-refractivity contribution is -0.126. The number of amides is 1. The van der Waals surface area contributed by atoms with E-state index in [1.54, 1.807) is 26.2 Å². The number of carbonyl (C=O) groups is 1. The summed E-state index contributed by atoms with van der Waals surface area (Å²) in [5.74, 6) is 0.0395. The molecule has 0 aromatic carbocycles. The van der Waals surface area contributed by atoms with Crippen LogP contribution in [0, 0.1) is 19.8 Å². The average Bonchev–Trinajstić information content (AvgIpc) is 3.01. The number of piperidine rings is 1. The van der Waals surface area contributed by atoms with Gasteiger partial charge in [-0.15, -0.1) is 0 Å². The lowest BCUT2D eigenvalue weighted by Gasteiger charge is -2.31. The molecule has 3 heterocycles. The first-order valence-electron chi connectivity index (χ1n) is 8.94. The minimum atomic E-state index is -3.66. The zero-order valence-corrected chi connectivity index (χ0v) is 16.5. The van der Waals surface area contributed by atoms with Gasteiger partial charge in [0, 0.05) is 31.4 Å². The Morgan fingerprint density at radius 3 is 2.44 bits per heavy atom. The maximum Gasteiger partial charge on any atom is 0.248 e. The van der Waals surface area contributed by atoms with Crippen LogP contribution in [0.1, 0.15) is 42.8 Å². The zero-order chi connectivity index (χ0) is 19.6. The molecular formula is C18H24N4O4S. The van der Waals surface area contributed by atoms with Gasteiger partial charge in [-0.3, -0.25) is 9.78 Å². The van der Waals surface area contributed by atoms with Gasteiger partial charge in [-0.2, -0.15) is 4.31 Å². The fourth-order valence-corrected chi connectivity index (χ4v) is 5.16. The summed E-state index contributed by atoms with van der Waals surface area (Å²) < 4.78 is 32.1. The molecule has 1 amide bonds. The fourth-order valence-electron chi connectivity index (χ4n) is 3.40. The molecule has 0 bridgehead atoms. The summed E-state index contributed by atoms with van der Waals surface area (Å²) in [7, 11) is -3.66. The van der Waals surface area contributed by atoms with Crippen LogP contribution in [0.4, 0.5) is 0 Å². The smallest absolute Gasteiger partial charge is 0.248 e. The number of nitrogens with one attached hydrogen (secondary N) is 1. The van der Waals surface area contributed by atoms with E-state index in [-0.39, 0.29) is 22.8 Å². The maximum atomic E-state index is 12.8. The van der Waals surface area contributed by atoms with Crippen LogP contribution in [0.5, 0.6) is 0 Å². The molecule has 2 aromatic heterocycles. The Labute approximate surface area is 159 Å². The number of sulfonamides is 1. The number of hydrogen-bond acceptors (Lipinski definition) is 6. The lowest BCUT2D eigenvalue weighted by Crippen LogP contribution is -2.43. The number of aryl methyl sites for hydroxylation is 2. The van der Waals surface area contributed by atoms with E-state index in [2.05, 4.69) is 15.5 Å². The van der Waals surface area contributed by atoms with E-state index in [1.165, 1.54) is 4.31 Å². The molecule has 146 valence electrons. The van der Waals surface area contributed by atoms with Crippen molar-refractivity contribution in [3.05, 3.63) is 41.5 Å². The van der Waals surface area contributed by atoms with Crippen molar-refractivity contribution in [2.75, 3.05) is 13.1 Å². The average molecular weight is 392 g/mol. The monoisotopic (exact) mass is 392 g/mol. The Morgan fingerprint density at radius 2 is 1.89 bits per heavy atom. The summed E-state index contributed by atoms with van der Waals surface area (Å²) in [5, 5.41) is 6.74. The Balaban J connectivity index is 1.61. The largest absolute Gasteiger partial charge is 0.360 e. The Hall–Kier alpha value is -2.26. The van der Waals surface area contributed by atoms with Gasteiger partial charge in [-0.1, -0.05) is 5.16 Å². The summed E-state index contributed by atoms with van der Waals surface area (Å²) in [5.41, 5.74) is 1.34. The number of aromatic nitrogens is 2. The van der Waals surface area contributed by atoms with Gasteiger partial charge in [-0.25, -0.2) is 8.42 Å². The molecule has 0 aliphatic carbocycles. The highest BCUT2D eigenvalue weighted by atomic mass is 32.2. The molecule has 1 saturated heterocycles. The number of carbonyl (C=O) groups excluding carboxylic acids is 1. The molecule has 1 aliphatic rings. The zero-order valence-electron chi connectivity index (χ0n) is 15.7. The van der Waals surface area contributed by atoms with E-state index < -0.39 is 10.0 Å². The van der Waals surface area contributed by atoms with E-state index in [0.717, 1.165) is 5.56 Å². The van der Waals surface area contributed by atoms with Crippen molar-refractivity contribution in [2.24, 2.45) is 5.92 Å². The van der Waals surface area contributed by atoms with Crippen molar-refractivity contribution in [1.29, 1.82) is 0 Å². The Kier molecular flexibility index (Phi) is 5.61. The fraction of sp³-hybridized carbons (Fsp3) is 0.500. The normalized spacial score (nSPS) is 17.6. The second kappa shape index (κ2) is 7.77. The van der Waals surface area contributed by atoms with E-state index in [4.69, 9.17) is 4.52 Å². The third kappa shape index (κ3) is 4.03. The molecule has 0 radical (unpaired) electrons. The molecular weight excluding hydrogens is 368 g/mol. The lowest BCUT2D eigenvalue weighted by atomic mass is 9.96. The van der Waals surface area contributed by atoms with Gasteiger partial charge in [0.1, 0.15) is 10.6 Å². The van der Waals surface area contributed by atoms with Crippen LogP contribution in [0.3, 0.4) is 0 Å². The highest BCUT2D eigenvalue weighted by Crippen LogP contribution is 2.28. The van der Waals surface area contributed by atoms with E-state index in [9.17, 15) is 13.2 Å². The Bertz CT molecular complexity index is 883. The molecule has 9 heteroatoms. The van der Waals surface area contributed by atoms with Crippen LogP contribution < -0.4 is 5.32 Å². The van der Waals surface area contributed by atoms with Gasteiger partial charge in [0.05, 0.1) is 6.04 Å². The molecule has 0 spiro atoms. The van der Waals surface area contributed by atoms with Crippen LogP contribution in [0.25, 0.3) is 0 Å². The number of pyridine rings is 1. The topological polar surface area (TPSA) is 105 Å². The van der Waals surface area contributed by atoms with E-state index in [1.807, 2.05) is 19.1 Å². The summed E-state index contributed by atoms with van der Waals surface area (Å²) in [6.07, 6.45) is 4.35. The summed E-state index contributed by atoms with van der Waals surface area (Å²) in [6, 6.07) is 3.61. The molecule has 1 aliphatic heterocycles. The summed E-state index contributed by atoms with van der Waals surface area (Å²) in [4.78, 5) is 16.7. The first-order chi connectivity index (χ1) is 12.8. The number of nitrogens with zero attached hydrogens (tertiary/aromatic N) is 3. The van der Waals surface area contributed by atoms with Gasteiger partial charge in [0.15, 0.2) is 5.76 Å². The first-order valence-corrected chi connectivity index (χ1v) is 10.4. The second-order valence-electron chi connectivity index (χ2n) is 6.84. The predicted molar refractivity (Wildman–Crippen MR) is 98.3 cm³/mol. The molecule has 27 heavy (non-hydrogen) atoms. The minimum Gasteiger partial charge on any atom is -0.360 e. The third-order valence-electron chi connectivity index (χ3n) is 4.96. The molecule has 0 saturated carbocycles. The van der Waals surface area contributed by atoms with Gasteiger partial charge in [0.25, 0.3) is 0 Å². The third-order valence-corrected chi connectivity index (χ3v) is 7.10. The molecule has 1 atom stereocenters. The predicted octanol–water partition coefficient (Wildman–Crippen LogP) is 1.96. The van der Waals surface area contributed by atoms with E-state index >= 15 is 0 Å². The van der Waals surface area contributed by atoms with E-state index in [0.29, 0.717) is 37.4 Å². The molecule has 1 N–H and O–H groups in total. The van der Waals surface area contributed by atoms with Crippen molar-refractivity contribution < 1.29 is 17.7 Å². The molecule has 0 unspecified atom stereocenters. The van der Waals surface area contributed by atoms with Gasteiger partial charge in [0.2, 0.25) is 15.9 Å². The van der Waals surface area contributed by atoms with Crippen molar-refractivity contribution in [3.63, 3.8) is 0 Å². The van der Waals surface area contributed by atoms with Crippen LogP contribution in [-0.4, -0.2) is 41.9 Å². The Morgan fingerprint density at radius 1 is 1.26 bits per heavy atom. The second-order valence-corrected chi connectivity index (χ2v) is 8.72. The van der Waals surface area contributed by atoms with Crippen LogP contribution >= 0.6 is 0 Å². The van der Waals surface area contributed by atoms with Crippen LogP contribution in [0.15, 0.2) is 33.9 Å². The van der Waals surface area contributed by atoms with Gasteiger partial charge in [-0.05, 0) is 51.3 Å². The highest BCUT2D eigenvalue weighted by Gasteiger charge is 2.35. The van der Waals surface area contributed by atoms with Gasteiger partial charge < -0.3 is 9.84 Å². The first kappa shape index (κ1) is 19.5. The molecule has 1 fully saturated rings. The van der Waals surface area contributed by atoms with Crippen LogP contribution in [0.2, 0.25) is 0 Å². The van der Waals surface area contributed by atoms with Crippen molar-refractivity contribution in [2.45, 2.75) is 44.6 Å². The maximum absolute atomic E-state index is 12.8. The van der Waals surface area contributed by atoms with Gasteiger partial charge >= 0.3 is 0 Å². The summed E-state index contributed by atoms with van der Waals surface area (Å²) in [6.45, 7) is 5.73. The minimum absolute atomic E-state index is 0.0475. The van der Waals surface area contributed by atoms with Crippen LogP contribution in [-0.2, 0) is 14.8 Å². The molecule has 3 rings (SSSR count). The quantitative estimate of drug-likeness (QED) is 0.834. The molecule has 8 nitrogen and oxygen atoms in total. The number of rotatable bonds is 5. The number of hydrogen-bond donors (Lipinski definition) is 1. The van der Waals surface area contributed by atoms with Crippen molar-refractivity contribution in [1.82, 2.24) is 19.8 Å². The molecule has 2 aromatic rings. The summed E-state index contributed by atoms with van der Waals surface area (Å²) >= 11 is 0. The van der Waals surface area contributed by atoms with Crippen molar-refractivity contribution >= 4 is 15.9 Å². The standard InChI is InChI=1S/C18H24N4O4S/c1-12(15-4-8-19-9-5-15)20-18(23)16-6-10-22(11-7-16)27(24,25)17-13(2)21-26-14(17)3/h4-5,8-9,12,16H,6-7,10-11H2,1-3H3,(H,20,23)/t12-/m0/s1.